The molecule has 0 radical (unpaired) electrons. The van der Waals surface area contributed by atoms with Gasteiger partial charge in [-0.15, -0.1) is 29.7 Å². The molecule has 0 aliphatic rings. The summed E-state index contributed by atoms with van der Waals surface area (Å²) in [5, 5.41) is 4.09. The molecule has 0 atom stereocenters. The number of hydrogen-bond acceptors (Lipinski definition) is 3. The van der Waals surface area contributed by atoms with Gasteiger partial charge in [0.1, 0.15) is 11.5 Å². The minimum atomic E-state index is -0.577. The van der Waals surface area contributed by atoms with Crippen molar-refractivity contribution in [3.8, 4) is 56.6 Å². The molecule has 8 aromatic carbocycles. The van der Waals surface area contributed by atoms with E-state index in [9.17, 15) is 0 Å². The van der Waals surface area contributed by atoms with Gasteiger partial charge in [0.15, 0.2) is 0 Å². The van der Waals surface area contributed by atoms with E-state index in [1.807, 2.05) is 72.8 Å². The normalized spacial score (nSPS) is 13.6. The first-order chi connectivity index (χ1) is 36.9. The number of imidazole rings is 1. The van der Waals surface area contributed by atoms with E-state index in [2.05, 4.69) is 57.9 Å². The number of aromatic nitrogens is 6. The minimum absolute atomic E-state index is 0. The van der Waals surface area contributed by atoms with Gasteiger partial charge in [-0.3, -0.25) is 9.13 Å². The van der Waals surface area contributed by atoms with Crippen molar-refractivity contribution in [1.82, 2.24) is 23.7 Å². The van der Waals surface area contributed by atoms with Crippen LogP contribution in [-0.2, 0) is 21.1 Å². The second kappa shape index (κ2) is 16.6. The third kappa shape index (κ3) is 6.74. The Morgan fingerprint density at radius 3 is 1.93 bits per heavy atom. The molecule has 0 bridgehead atoms. The summed E-state index contributed by atoms with van der Waals surface area (Å²) in [5.74, 6) is 1.41. The molecule has 0 aliphatic heterocycles. The first kappa shape index (κ1) is 30.7. The first-order valence-electron chi connectivity index (χ1n) is 26.1. The fraction of sp³-hybridized carbons (Fsp3) is 0. The topological polar surface area (TPSA) is 53.7 Å². The zero-order valence-corrected chi connectivity index (χ0v) is 37.2. The maximum absolute atomic E-state index is 9.03. The van der Waals surface area contributed by atoms with Gasteiger partial charge < -0.3 is 13.9 Å². The quantitative estimate of drug-likeness (QED) is 0.113. The van der Waals surface area contributed by atoms with E-state index in [1.54, 1.807) is 64.0 Å². The fourth-order valence-electron chi connectivity index (χ4n) is 9.00. The summed E-state index contributed by atoms with van der Waals surface area (Å²) >= 11 is 0. The van der Waals surface area contributed by atoms with Crippen LogP contribution in [0.25, 0.3) is 99.9 Å². The van der Waals surface area contributed by atoms with Crippen LogP contribution in [0.3, 0.4) is 0 Å². The predicted molar refractivity (Wildman–Crippen MR) is 263 cm³/mol. The molecule has 0 unspecified atom stereocenters. The Hall–Kier alpha value is -8.38. The number of nitrogens with zero attached hydrogens (tertiary/aromatic N) is 6. The Bertz CT molecular complexity index is 4410. The van der Waals surface area contributed by atoms with Crippen molar-refractivity contribution in [1.29, 1.82) is 0 Å². The molecule has 67 heavy (non-hydrogen) atoms. The number of ether oxygens (including phenoxy) is 1. The Morgan fingerprint density at radius 2 is 1.16 bits per heavy atom. The maximum atomic E-state index is 9.03. The third-order valence-electron chi connectivity index (χ3n) is 11.8. The van der Waals surface area contributed by atoms with Crippen LogP contribution in [0.4, 0.5) is 0 Å². The number of fused-ring (bicyclic) bond motifs is 7. The van der Waals surface area contributed by atoms with Gasteiger partial charge in [-0.1, -0.05) is 145 Å². The molecule has 8 heteroatoms. The average molecular weight is 1050 g/mol. The summed E-state index contributed by atoms with van der Waals surface area (Å²) in [6, 6.07) is 47.3. The molecule has 0 saturated carbocycles. The molecular weight excluding hydrogens is 1000 g/mol. The summed E-state index contributed by atoms with van der Waals surface area (Å²) < 4.78 is 101. The Kier molecular flexibility index (Phi) is 7.59. The SMILES string of the molecule is [2H]c1c([2H])c([2H])c(-c2cccc(-c3c([2H])c([2H])c([2H])c([2H])c3[2H])c2-[n+]2[c-]n(-c3[c-]c(Oc4[c-]c5c(cc4)c4ccccc4n5-c4cc(-n5c6ccccc6c6cccnc65)ccn4)ccc3)c3ccccc32)c([2H])c1[2H].[Pt]. The van der Waals surface area contributed by atoms with E-state index in [0.29, 0.717) is 34.0 Å². The van der Waals surface area contributed by atoms with Crippen LogP contribution >= 0.6 is 0 Å². The van der Waals surface area contributed by atoms with Crippen molar-refractivity contribution in [3.05, 3.63) is 237 Å². The molecule has 5 aromatic heterocycles. The molecular formula is C59H36N6OPt-2. The van der Waals surface area contributed by atoms with Crippen LogP contribution < -0.4 is 9.30 Å². The zero-order chi connectivity index (χ0) is 52.3. The van der Waals surface area contributed by atoms with Crippen LogP contribution in [0.2, 0.25) is 0 Å². The Morgan fingerprint density at radius 1 is 0.522 bits per heavy atom. The van der Waals surface area contributed by atoms with Gasteiger partial charge in [0.05, 0.1) is 41.6 Å². The summed E-state index contributed by atoms with van der Waals surface area (Å²) in [4.78, 5) is 9.71. The van der Waals surface area contributed by atoms with Crippen LogP contribution in [0.15, 0.2) is 218 Å². The van der Waals surface area contributed by atoms with Crippen molar-refractivity contribution < 1.29 is 44.1 Å². The molecule has 0 aliphatic carbocycles. The zero-order valence-electron chi connectivity index (χ0n) is 44.9. The maximum Gasteiger partial charge on any atom is 0.268 e. The van der Waals surface area contributed by atoms with E-state index in [4.69, 9.17) is 28.4 Å². The number of pyridine rings is 2. The molecule has 320 valence electrons. The van der Waals surface area contributed by atoms with Crippen LogP contribution in [0.5, 0.6) is 11.5 Å². The van der Waals surface area contributed by atoms with E-state index < -0.39 is 60.4 Å². The average Bonchev–Trinajstić information content (AvgIpc) is 4.28. The van der Waals surface area contributed by atoms with Gasteiger partial charge >= 0.3 is 0 Å². The third-order valence-corrected chi connectivity index (χ3v) is 11.8. The van der Waals surface area contributed by atoms with E-state index in [-0.39, 0.29) is 49.0 Å². The van der Waals surface area contributed by atoms with Crippen molar-refractivity contribution in [2.45, 2.75) is 0 Å². The fourth-order valence-corrected chi connectivity index (χ4v) is 9.00. The van der Waals surface area contributed by atoms with Gasteiger partial charge in [0, 0.05) is 67.3 Å². The van der Waals surface area contributed by atoms with Gasteiger partial charge in [-0.05, 0) is 63.7 Å². The Labute approximate surface area is 414 Å². The molecule has 7 nitrogen and oxygen atoms in total. The number of para-hydroxylation sites is 5. The van der Waals surface area contributed by atoms with Crippen molar-refractivity contribution in [3.63, 3.8) is 0 Å². The Balaban J connectivity index is 0.00000596. The molecule has 5 heterocycles. The van der Waals surface area contributed by atoms with Gasteiger partial charge in [0.2, 0.25) is 0 Å². The van der Waals surface area contributed by atoms with Crippen LogP contribution in [0.1, 0.15) is 13.7 Å². The number of benzene rings is 8. The number of hydrogen-bond donors (Lipinski definition) is 0. The molecule has 0 spiro atoms. The summed E-state index contributed by atoms with van der Waals surface area (Å²) in [5.41, 5.74) is 6.15. The monoisotopic (exact) mass is 1050 g/mol. The van der Waals surface area contributed by atoms with Gasteiger partial charge in [-0.25, -0.2) is 9.97 Å². The summed E-state index contributed by atoms with van der Waals surface area (Å²) in [6.45, 7) is 0. The second-order valence-electron chi connectivity index (χ2n) is 15.5. The smallest absolute Gasteiger partial charge is 0.268 e. The standard InChI is InChI=1S/C59H36N6O.Pt/c1-3-16-40(17-4-1)46-24-14-25-47(41-18-5-2-6-19-41)58(46)63-39-62(54-29-11-12-30-55(54)63)42-20-13-21-44(36-42)66-45-31-32-50-48-22-7-10-28-53(48)65(56(50)38-45)57-37-43(33-35-60-57)64-52-27-9-8-23-49(52)51-26-15-34-61-59(51)64;/h1-35,37H;/q-2;/i1D,2D,3D,4D,5D,6D,16D,17D,18D,19D;. The van der Waals surface area contributed by atoms with Crippen LogP contribution in [-0.4, -0.2) is 23.7 Å². The van der Waals surface area contributed by atoms with E-state index in [1.165, 1.54) is 0 Å². The molecule has 0 amide bonds. The van der Waals surface area contributed by atoms with E-state index in [0.717, 1.165) is 49.4 Å². The minimum Gasteiger partial charge on any atom is -0.510 e. The first-order valence-corrected chi connectivity index (χ1v) is 21.1. The van der Waals surface area contributed by atoms with Crippen molar-refractivity contribution in [2.75, 3.05) is 0 Å². The molecule has 13 aromatic rings. The van der Waals surface area contributed by atoms with E-state index >= 15 is 0 Å². The molecule has 13 rings (SSSR count). The number of rotatable bonds is 8. The van der Waals surface area contributed by atoms with Crippen molar-refractivity contribution >= 4 is 54.8 Å². The summed E-state index contributed by atoms with van der Waals surface area (Å²) in [7, 11) is 0. The molecule has 0 N–H and O–H groups in total. The van der Waals surface area contributed by atoms with Gasteiger partial charge in [0.25, 0.3) is 6.33 Å². The van der Waals surface area contributed by atoms with Crippen LogP contribution in [0, 0.1) is 18.5 Å². The van der Waals surface area contributed by atoms with Gasteiger partial charge in [-0.2, -0.15) is 18.2 Å². The largest absolute Gasteiger partial charge is 0.510 e. The molecule has 0 saturated heterocycles. The second-order valence-corrected chi connectivity index (χ2v) is 15.5. The summed E-state index contributed by atoms with van der Waals surface area (Å²) in [6.07, 6.45) is 7.01. The predicted octanol–water partition coefficient (Wildman–Crippen LogP) is 13.4. The molecule has 0 fully saturated rings. The van der Waals surface area contributed by atoms with Crippen molar-refractivity contribution in [2.24, 2.45) is 0 Å².